The predicted molar refractivity (Wildman–Crippen MR) is 262 cm³/mol. The third-order valence-electron chi connectivity index (χ3n) is 9.44. The molecule has 8 aromatic rings. The van der Waals surface area contributed by atoms with Gasteiger partial charge in [0, 0.05) is 87.1 Å². The average molecular weight is 1140 g/mol. The Hall–Kier alpha value is -6.40. The van der Waals surface area contributed by atoms with Gasteiger partial charge in [0.2, 0.25) is 11.8 Å². The molecular formula is C50H45IrN8O6S3-3. The van der Waals surface area contributed by atoms with E-state index in [4.69, 9.17) is 0 Å². The SMILES string of the molecule is O=C(CCCCNC(=O)C(CS(=O)(=O)[O-])NC(=O)c1ccnc2c1ccc1cccnc12)NCCSSc1ccccn1.[Ir].[c-]1ccccc1-c1ccccn1.[c-]1ccccc1-c1ccccn1. The van der Waals surface area contributed by atoms with E-state index >= 15 is 0 Å². The molecule has 3 aromatic carbocycles. The third-order valence-corrected chi connectivity index (χ3v) is 12.4. The Labute approximate surface area is 416 Å². The number of benzene rings is 3. The van der Waals surface area contributed by atoms with E-state index in [0.29, 0.717) is 41.6 Å². The van der Waals surface area contributed by atoms with Crippen molar-refractivity contribution in [2.75, 3.05) is 24.6 Å². The smallest absolute Gasteiger partial charge is 0.252 e. The first-order chi connectivity index (χ1) is 32.6. The van der Waals surface area contributed by atoms with Crippen LogP contribution in [0, 0.1) is 12.1 Å². The normalized spacial score (nSPS) is 11.1. The molecule has 0 saturated carbocycles. The summed E-state index contributed by atoms with van der Waals surface area (Å²) in [7, 11) is -1.73. The number of hydrogen-bond acceptors (Lipinski definition) is 13. The summed E-state index contributed by atoms with van der Waals surface area (Å²) in [6.45, 7) is 0.633. The van der Waals surface area contributed by atoms with E-state index in [9.17, 15) is 27.4 Å². The van der Waals surface area contributed by atoms with E-state index in [0.717, 1.165) is 32.9 Å². The first kappa shape index (κ1) is 52.6. The van der Waals surface area contributed by atoms with Crippen LogP contribution in [0.5, 0.6) is 0 Å². The second kappa shape index (κ2) is 28.1. The van der Waals surface area contributed by atoms with Gasteiger partial charge in [-0.05, 0) is 71.4 Å². The summed E-state index contributed by atoms with van der Waals surface area (Å²) in [6, 6.07) is 46.2. The predicted octanol–water partition coefficient (Wildman–Crippen LogP) is 7.76. The van der Waals surface area contributed by atoms with Crippen molar-refractivity contribution in [1.29, 1.82) is 0 Å². The van der Waals surface area contributed by atoms with Gasteiger partial charge >= 0.3 is 0 Å². The van der Waals surface area contributed by atoms with Crippen molar-refractivity contribution in [3.05, 3.63) is 182 Å². The van der Waals surface area contributed by atoms with Gasteiger partial charge < -0.3 is 30.5 Å². The Balaban J connectivity index is 0.000000277. The monoisotopic (exact) mass is 1140 g/mol. The molecule has 0 aliphatic rings. The maximum Gasteiger partial charge on any atom is 0.252 e. The van der Waals surface area contributed by atoms with Crippen molar-refractivity contribution in [3.8, 4) is 22.5 Å². The molecule has 68 heavy (non-hydrogen) atoms. The maximum atomic E-state index is 13.2. The molecular weight excluding hydrogens is 1100 g/mol. The van der Waals surface area contributed by atoms with Crippen LogP contribution in [0.2, 0.25) is 0 Å². The van der Waals surface area contributed by atoms with Gasteiger partial charge in [-0.25, -0.2) is 13.4 Å². The van der Waals surface area contributed by atoms with Crippen molar-refractivity contribution >= 4 is 71.2 Å². The number of aromatic nitrogens is 5. The van der Waals surface area contributed by atoms with Gasteiger partial charge in [-0.2, -0.15) is 0 Å². The van der Waals surface area contributed by atoms with Crippen LogP contribution < -0.4 is 16.0 Å². The van der Waals surface area contributed by atoms with E-state index < -0.39 is 33.7 Å². The Morgan fingerprint density at radius 3 is 1.87 bits per heavy atom. The standard InChI is InChI=1S/C28H30N6O6S3.2C11H8N.Ir/c35-23(29-16-17-41-42-24-8-2-4-12-30-24)7-1-3-13-33-28(37)22(18-43(38,39)40)34-27(36)21-11-15-32-26-20(21)10-9-19-6-5-14-31-25(19)26;2*1-2-6-10(7-3-1)11-8-4-5-9-12-11;/h2,4-6,8-12,14-15,22H,1,3,7,13,16-18H2,(H,29,35)(H,33,37)(H,34,36)(H,38,39,40);2*1-6,8-9H;/q;2*-1;/p-1. The number of pyridine rings is 5. The molecule has 0 spiro atoms. The van der Waals surface area contributed by atoms with Gasteiger partial charge in [-0.1, -0.05) is 59.3 Å². The van der Waals surface area contributed by atoms with Crippen LogP contribution in [0.4, 0.5) is 0 Å². The van der Waals surface area contributed by atoms with Crippen LogP contribution in [0.25, 0.3) is 44.3 Å². The molecule has 18 heteroatoms. The molecule has 5 aromatic heterocycles. The molecule has 1 radical (unpaired) electrons. The molecule has 0 fully saturated rings. The van der Waals surface area contributed by atoms with Crippen molar-refractivity contribution in [3.63, 3.8) is 0 Å². The van der Waals surface area contributed by atoms with E-state index in [2.05, 4.69) is 53.0 Å². The fraction of sp³-hybridized carbons (Fsp3) is 0.160. The molecule has 1 atom stereocenters. The molecule has 0 saturated heterocycles. The van der Waals surface area contributed by atoms with E-state index in [1.54, 1.807) is 53.8 Å². The Morgan fingerprint density at radius 1 is 0.632 bits per heavy atom. The number of amides is 3. The summed E-state index contributed by atoms with van der Waals surface area (Å²) in [5.41, 5.74) is 5.22. The van der Waals surface area contributed by atoms with E-state index in [1.807, 2.05) is 109 Å². The summed E-state index contributed by atoms with van der Waals surface area (Å²) in [5, 5.41) is 9.94. The van der Waals surface area contributed by atoms with Gasteiger partial charge in [0.05, 0.1) is 32.5 Å². The summed E-state index contributed by atoms with van der Waals surface area (Å²) < 4.78 is 34.6. The quantitative estimate of drug-likeness (QED) is 0.0262. The van der Waals surface area contributed by atoms with Crippen LogP contribution in [-0.2, 0) is 39.8 Å². The molecule has 5 heterocycles. The number of unbranched alkanes of at least 4 members (excludes halogenated alkanes) is 1. The first-order valence-electron chi connectivity index (χ1n) is 21.0. The minimum atomic E-state index is -4.85. The van der Waals surface area contributed by atoms with Crippen molar-refractivity contribution in [2.45, 2.75) is 30.3 Å². The first-order valence-corrected chi connectivity index (χ1v) is 24.9. The minimum absolute atomic E-state index is 0. The number of nitrogens with zero attached hydrogens (tertiary/aromatic N) is 5. The molecule has 8 rings (SSSR count). The van der Waals surface area contributed by atoms with Crippen molar-refractivity contribution < 1.29 is 47.5 Å². The van der Waals surface area contributed by atoms with Crippen molar-refractivity contribution in [1.82, 2.24) is 40.9 Å². The van der Waals surface area contributed by atoms with Gasteiger partial charge in [-0.15, -0.1) is 71.8 Å². The summed E-state index contributed by atoms with van der Waals surface area (Å²) in [5.74, 6) is -2.08. The zero-order valence-electron chi connectivity index (χ0n) is 36.4. The van der Waals surface area contributed by atoms with E-state index in [1.165, 1.54) is 23.1 Å². The third kappa shape index (κ3) is 17.4. The Bertz CT molecular complexity index is 2770. The number of carbonyl (C=O) groups is 3. The number of nitrogens with one attached hydrogen (secondary N) is 3. The summed E-state index contributed by atoms with van der Waals surface area (Å²) in [4.78, 5) is 59.3. The maximum absolute atomic E-state index is 13.2. The second-order valence-corrected chi connectivity index (χ2v) is 18.2. The number of rotatable bonds is 17. The van der Waals surface area contributed by atoms with Crippen LogP contribution in [-0.4, -0.2) is 86.2 Å². The molecule has 3 N–H and O–H groups in total. The number of hydrogen-bond donors (Lipinski definition) is 3. The van der Waals surface area contributed by atoms with Gasteiger partial charge in [0.25, 0.3) is 5.91 Å². The molecule has 3 amide bonds. The number of fused-ring (bicyclic) bond motifs is 3. The van der Waals surface area contributed by atoms with Gasteiger partial charge in [0.15, 0.2) is 0 Å². The zero-order valence-corrected chi connectivity index (χ0v) is 41.2. The topological polar surface area (TPSA) is 209 Å². The Morgan fingerprint density at radius 2 is 1.26 bits per heavy atom. The second-order valence-electron chi connectivity index (χ2n) is 14.3. The van der Waals surface area contributed by atoms with Crippen LogP contribution in [0.1, 0.15) is 29.6 Å². The van der Waals surface area contributed by atoms with E-state index in [-0.39, 0.29) is 44.5 Å². The van der Waals surface area contributed by atoms with Crippen LogP contribution in [0.15, 0.2) is 169 Å². The molecule has 0 aliphatic heterocycles. The molecule has 351 valence electrons. The summed E-state index contributed by atoms with van der Waals surface area (Å²) in [6.07, 6.45) is 9.48. The number of carbonyl (C=O) groups excluding carboxylic acids is 3. The average Bonchev–Trinajstić information content (AvgIpc) is 3.37. The minimum Gasteiger partial charge on any atom is -0.748 e. The summed E-state index contributed by atoms with van der Waals surface area (Å²) >= 11 is 0. The van der Waals surface area contributed by atoms with Gasteiger partial charge in [-0.3, -0.25) is 24.4 Å². The molecule has 1 unspecified atom stereocenters. The zero-order chi connectivity index (χ0) is 47.1. The van der Waals surface area contributed by atoms with Crippen LogP contribution in [0.3, 0.4) is 0 Å². The molecule has 14 nitrogen and oxygen atoms in total. The van der Waals surface area contributed by atoms with Gasteiger partial charge in [0.1, 0.15) is 11.1 Å². The fourth-order valence-corrected chi connectivity index (χ4v) is 8.72. The molecule has 0 aliphatic carbocycles. The fourth-order valence-electron chi connectivity index (χ4n) is 6.29. The molecule has 0 bridgehead atoms. The van der Waals surface area contributed by atoms with Crippen LogP contribution >= 0.6 is 21.6 Å². The largest absolute Gasteiger partial charge is 0.748 e. The van der Waals surface area contributed by atoms with Crippen molar-refractivity contribution in [2.24, 2.45) is 0 Å². The Kier molecular flexibility index (Phi) is 21.7.